The van der Waals surface area contributed by atoms with Crippen molar-refractivity contribution in [2.45, 2.75) is 19.5 Å². The molecular formula is C16H18F3IN4O2. The van der Waals surface area contributed by atoms with Crippen LogP contribution in [0.3, 0.4) is 0 Å². The minimum absolute atomic E-state index is 0. The van der Waals surface area contributed by atoms with Crippen LogP contribution in [-0.2, 0) is 13.1 Å². The zero-order chi connectivity index (χ0) is 18.3. The Bertz CT molecular complexity index is 724. The molecular weight excluding hydrogens is 464 g/mol. The van der Waals surface area contributed by atoms with Crippen LogP contribution in [0.5, 0.6) is 11.6 Å². The molecule has 3 N–H and O–H groups in total. The van der Waals surface area contributed by atoms with Gasteiger partial charge in [0, 0.05) is 6.07 Å². The van der Waals surface area contributed by atoms with Gasteiger partial charge in [-0.25, -0.2) is 9.98 Å². The fraction of sp³-hybridized carbons (Fsp3) is 0.250. The molecule has 0 unspecified atom stereocenters. The van der Waals surface area contributed by atoms with Crippen molar-refractivity contribution in [2.75, 3.05) is 7.11 Å². The molecule has 0 aliphatic rings. The first-order valence-electron chi connectivity index (χ1n) is 7.24. The van der Waals surface area contributed by atoms with E-state index in [9.17, 15) is 13.2 Å². The summed E-state index contributed by atoms with van der Waals surface area (Å²) in [5.41, 5.74) is 7.18. The predicted octanol–water partition coefficient (Wildman–Crippen LogP) is 3.21. The number of pyridine rings is 1. The molecule has 0 spiro atoms. The van der Waals surface area contributed by atoms with Crippen LogP contribution in [0.1, 0.15) is 11.3 Å². The van der Waals surface area contributed by atoms with E-state index < -0.39 is 6.36 Å². The summed E-state index contributed by atoms with van der Waals surface area (Å²) in [6.07, 6.45) is -4.71. The molecule has 0 aliphatic carbocycles. The third kappa shape index (κ3) is 7.76. The standard InChI is InChI=1S/C16H17F3N4O2.HI/c1-24-14-4-2-3-12(23-14)10-22-15(20)21-9-11-5-7-13(8-6-11)25-16(17,18)19;/h2-8H,9-10H2,1H3,(H3,20,21,22);1H. The molecule has 0 bridgehead atoms. The molecule has 0 atom stereocenters. The van der Waals surface area contributed by atoms with Gasteiger partial charge in [-0.2, -0.15) is 0 Å². The Morgan fingerprint density at radius 1 is 1.19 bits per heavy atom. The van der Waals surface area contributed by atoms with E-state index in [-0.39, 0.29) is 42.2 Å². The van der Waals surface area contributed by atoms with Crippen molar-refractivity contribution in [3.8, 4) is 11.6 Å². The van der Waals surface area contributed by atoms with Crippen LogP contribution in [-0.4, -0.2) is 24.4 Å². The van der Waals surface area contributed by atoms with E-state index >= 15 is 0 Å². The number of methoxy groups -OCH3 is 1. The number of hydrogen-bond acceptors (Lipinski definition) is 4. The summed E-state index contributed by atoms with van der Waals surface area (Å²) >= 11 is 0. The summed E-state index contributed by atoms with van der Waals surface area (Å²) in [4.78, 5) is 8.34. The average Bonchev–Trinajstić information content (AvgIpc) is 2.58. The number of alkyl halides is 3. The van der Waals surface area contributed by atoms with E-state index in [2.05, 4.69) is 20.0 Å². The summed E-state index contributed by atoms with van der Waals surface area (Å²) in [6, 6.07) is 10.8. The molecule has 2 rings (SSSR count). The smallest absolute Gasteiger partial charge is 0.481 e. The second kappa shape index (κ2) is 10.0. The van der Waals surface area contributed by atoms with Gasteiger partial charge in [0.1, 0.15) is 5.75 Å². The van der Waals surface area contributed by atoms with E-state index in [4.69, 9.17) is 10.5 Å². The lowest BCUT2D eigenvalue weighted by atomic mass is 10.2. The van der Waals surface area contributed by atoms with Gasteiger partial charge in [0.15, 0.2) is 5.96 Å². The fourth-order valence-corrected chi connectivity index (χ4v) is 1.88. The molecule has 1 heterocycles. The maximum Gasteiger partial charge on any atom is 0.573 e. The third-order valence-corrected chi connectivity index (χ3v) is 3.03. The van der Waals surface area contributed by atoms with Crippen LogP contribution in [0.25, 0.3) is 0 Å². The molecule has 142 valence electrons. The highest BCUT2D eigenvalue weighted by Gasteiger charge is 2.30. The zero-order valence-corrected chi connectivity index (χ0v) is 16.1. The van der Waals surface area contributed by atoms with Crippen LogP contribution in [0, 0.1) is 0 Å². The van der Waals surface area contributed by atoms with Crippen LogP contribution in [0.15, 0.2) is 47.5 Å². The lowest BCUT2D eigenvalue weighted by Gasteiger charge is -2.09. The van der Waals surface area contributed by atoms with E-state index in [0.717, 1.165) is 5.69 Å². The van der Waals surface area contributed by atoms with Crippen LogP contribution < -0.4 is 20.5 Å². The summed E-state index contributed by atoms with van der Waals surface area (Å²) < 4.78 is 45.1. The molecule has 0 saturated carbocycles. The Balaban J connectivity index is 0.00000338. The lowest BCUT2D eigenvalue weighted by Crippen LogP contribution is -2.31. The molecule has 0 radical (unpaired) electrons. The van der Waals surface area contributed by atoms with E-state index in [1.165, 1.54) is 31.4 Å². The van der Waals surface area contributed by atoms with Crippen LogP contribution >= 0.6 is 24.0 Å². The number of nitrogens with two attached hydrogens (primary N) is 1. The number of guanidine groups is 1. The number of nitrogens with zero attached hydrogens (tertiary/aromatic N) is 2. The highest BCUT2D eigenvalue weighted by Crippen LogP contribution is 2.22. The molecule has 10 heteroatoms. The second-order valence-corrected chi connectivity index (χ2v) is 4.92. The summed E-state index contributed by atoms with van der Waals surface area (Å²) in [5.74, 6) is 0.409. The highest BCUT2D eigenvalue weighted by atomic mass is 127. The SMILES string of the molecule is COc1cccc(CNC(N)=NCc2ccc(OC(F)(F)F)cc2)n1.I. The normalized spacial score (nSPS) is 11.5. The number of halogens is 4. The van der Waals surface area contributed by atoms with Gasteiger partial charge >= 0.3 is 6.36 Å². The zero-order valence-electron chi connectivity index (χ0n) is 13.8. The molecule has 0 saturated heterocycles. The number of hydrogen-bond donors (Lipinski definition) is 2. The van der Waals surface area contributed by atoms with Crippen molar-refractivity contribution >= 4 is 29.9 Å². The topological polar surface area (TPSA) is 81.8 Å². The first kappa shape index (κ1) is 21.8. The van der Waals surface area contributed by atoms with Gasteiger partial charge in [-0.3, -0.25) is 0 Å². The van der Waals surface area contributed by atoms with Gasteiger partial charge in [0.2, 0.25) is 5.88 Å². The molecule has 26 heavy (non-hydrogen) atoms. The first-order chi connectivity index (χ1) is 11.9. The monoisotopic (exact) mass is 482 g/mol. The van der Waals surface area contributed by atoms with Gasteiger partial charge in [-0.05, 0) is 23.8 Å². The van der Waals surface area contributed by atoms with Crippen LogP contribution in [0.4, 0.5) is 13.2 Å². The van der Waals surface area contributed by atoms with Gasteiger partial charge in [-0.15, -0.1) is 37.1 Å². The molecule has 6 nitrogen and oxygen atoms in total. The Kier molecular flexibility index (Phi) is 8.42. The number of rotatable bonds is 6. The molecule has 1 aromatic heterocycles. The maximum absolute atomic E-state index is 12.1. The number of benzene rings is 1. The summed E-state index contributed by atoms with van der Waals surface area (Å²) in [7, 11) is 1.53. The second-order valence-electron chi connectivity index (χ2n) is 4.92. The molecule has 0 aliphatic heterocycles. The maximum atomic E-state index is 12.1. The number of aromatic nitrogens is 1. The van der Waals surface area contributed by atoms with Crippen molar-refractivity contribution in [3.05, 3.63) is 53.7 Å². The minimum atomic E-state index is -4.71. The number of aliphatic imine (C=N–C) groups is 1. The number of nitrogens with one attached hydrogen (secondary N) is 1. The molecule has 1 aromatic carbocycles. The Hall–Kier alpha value is -2.24. The molecule has 0 fully saturated rings. The molecule has 2 aromatic rings. The third-order valence-electron chi connectivity index (χ3n) is 3.03. The number of ether oxygens (including phenoxy) is 2. The van der Waals surface area contributed by atoms with Crippen molar-refractivity contribution < 1.29 is 22.6 Å². The average molecular weight is 482 g/mol. The van der Waals surface area contributed by atoms with Gasteiger partial charge in [-0.1, -0.05) is 18.2 Å². The van der Waals surface area contributed by atoms with E-state index in [0.29, 0.717) is 18.0 Å². The van der Waals surface area contributed by atoms with E-state index in [1.807, 2.05) is 6.07 Å². The van der Waals surface area contributed by atoms with Crippen molar-refractivity contribution in [1.29, 1.82) is 0 Å². The van der Waals surface area contributed by atoms with Crippen LogP contribution in [0.2, 0.25) is 0 Å². The quantitative estimate of drug-likeness (QED) is 0.376. The predicted molar refractivity (Wildman–Crippen MR) is 101 cm³/mol. The van der Waals surface area contributed by atoms with Crippen molar-refractivity contribution in [1.82, 2.24) is 10.3 Å². The van der Waals surface area contributed by atoms with Crippen molar-refractivity contribution in [2.24, 2.45) is 10.7 Å². The van der Waals surface area contributed by atoms with Crippen molar-refractivity contribution in [3.63, 3.8) is 0 Å². The van der Waals surface area contributed by atoms with E-state index in [1.54, 1.807) is 12.1 Å². The Morgan fingerprint density at radius 3 is 2.50 bits per heavy atom. The fourth-order valence-electron chi connectivity index (χ4n) is 1.88. The van der Waals surface area contributed by atoms with Gasteiger partial charge in [0.25, 0.3) is 0 Å². The summed E-state index contributed by atoms with van der Waals surface area (Å²) in [6.45, 7) is 0.585. The minimum Gasteiger partial charge on any atom is -0.481 e. The first-order valence-corrected chi connectivity index (χ1v) is 7.24. The highest BCUT2D eigenvalue weighted by molar-refractivity contribution is 14.0. The summed E-state index contributed by atoms with van der Waals surface area (Å²) in [5, 5.41) is 2.90. The lowest BCUT2D eigenvalue weighted by molar-refractivity contribution is -0.274. The van der Waals surface area contributed by atoms with Gasteiger partial charge in [0.05, 0.1) is 25.9 Å². The molecule has 0 amide bonds. The Morgan fingerprint density at radius 2 is 1.88 bits per heavy atom. The van der Waals surface area contributed by atoms with Gasteiger partial charge < -0.3 is 20.5 Å². The Labute approximate surface area is 165 Å². The largest absolute Gasteiger partial charge is 0.573 e.